The number of nitrogens with zero attached hydrogens (tertiary/aromatic N) is 2. The van der Waals surface area contributed by atoms with E-state index in [1.807, 2.05) is 12.1 Å². The Hall–Kier alpha value is -1.26. The van der Waals surface area contributed by atoms with E-state index in [0.29, 0.717) is 5.69 Å². The Kier molecular flexibility index (Phi) is 3.31. The van der Waals surface area contributed by atoms with Crippen LogP contribution in [0, 0.1) is 0 Å². The molecule has 4 nitrogen and oxygen atoms in total. The van der Waals surface area contributed by atoms with Gasteiger partial charge in [-0.25, -0.2) is 0 Å². The van der Waals surface area contributed by atoms with Gasteiger partial charge in [0.1, 0.15) is 5.75 Å². The fraction of sp³-hybridized carbons (Fsp3) is 0.500. The predicted octanol–water partition coefficient (Wildman–Crippen LogP) is 0.722. The Bertz CT molecular complexity index is 359. The minimum absolute atomic E-state index is 0.169. The lowest BCUT2D eigenvalue weighted by molar-refractivity contribution is 0.148. The van der Waals surface area contributed by atoms with Crippen molar-refractivity contribution in [2.24, 2.45) is 0 Å². The monoisotopic (exact) mass is 221 g/mol. The van der Waals surface area contributed by atoms with E-state index in [0.717, 1.165) is 32.7 Å². The van der Waals surface area contributed by atoms with Crippen LogP contribution in [0.15, 0.2) is 18.2 Å². The number of phenols is 1. The molecule has 0 bridgehead atoms. The molecule has 1 fully saturated rings. The number of likely N-dealkylation sites (N-methyl/N-ethyl adjacent to an activating group) is 1. The van der Waals surface area contributed by atoms with Gasteiger partial charge < -0.3 is 15.7 Å². The van der Waals surface area contributed by atoms with Crippen LogP contribution >= 0.6 is 0 Å². The van der Waals surface area contributed by atoms with Crippen LogP contribution < -0.4 is 5.73 Å². The third kappa shape index (κ3) is 2.65. The van der Waals surface area contributed by atoms with Crippen molar-refractivity contribution in [3.05, 3.63) is 23.8 Å². The third-order valence-electron chi connectivity index (χ3n) is 3.09. The summed E-state index contributed by atoms with van der Waals surface area (Å²) >= 11 is 0. The normalized spacial score (nSPS) is 18.8. The van der Waals surface area contributed by atoms with Crippen molar-refractivity contribution in [2.45, 2.75) is 6.54 Å². The van der Waals surface area contributed by atoms with Gasteiger partial charge in [-0.2, -0.15) is 0 Å². The zero-order chi connectivity index (χ0) is 11.5. The highest BCUT2D eigenvalue weighted by Crippen LogP contribution is 2.21. The molecule has 1 heterocycles. The first-order valence-corrected chi connectivity index (χ1v) is 5.63. The number of hydrogen-bond donors (Lipinski definition) is 2. The van der Waals surface area contributed by atoms with Crippen LogP contribution in [-0.4, -0.2) is 48.1 Å². The highest BCUT2D eigenvalue weighted by molar-refractivity contribution is 5.53. The number of piperazine rings is 1. The Morgan fingerprint density at radius 2 is 1.94 bits per heavy atom. The Morgan fingerprint density at radius 3 is 2.56 bits per heavy atom. The summed E-state index contributed by atoms with van der Waals surface area (Å²) in [5.41, 5.74) is 7.30. The van der Waals surface area contributed by atoms with Gasteiger partial charge in [0, 0.05) is 32.7 Å². The molecule has 3 N–H and O–H groups in total. The minimum Gasteiger partial charge on any atom is -0.506 e. The smallest absolute Gasteiger partial charge is 0.138 e. The number of nitrogen functional groups attached to an aromatic ring is 1. The molecule has 1 aromatic rings. The van der Waals surface area contributed by atoms with Crippen molar-refractivity contribution in [2.75, 3.05) is 39.0 Å². The van der Waals surface area contributed by atoms with Gasteiger partial charge in [0.15, 0.2) is 0 Å². The van der Waals surface area contributed by atoms with Gasteiger partial charge in [-0.1, -0.05) is 6.07 Å². The summed E-state index contributed by atoms with van der Waals surface area (Å²) in [7, 11) is 2.15. The Morgan fingerprint density at radius 1 is 1.25 bits per heavy atom. The first-order chi connectivity index (χ1) is 7.65. The molecule has 0 atom stereocenters. The fourth-order valence-corrected chi connectivity index (χ4v) is 1.97. The number of anilines is 1. The van der Waals surface area contributed by atoms with Crippen LogP contribution in [0.25, 0.3) is 0 Å². The van der Waals surface area contributed by atoms with Crippen molar-refractivity contribution >= 4 is 5.69 Å². The molecule has 1 aliphatic rings. The second kappa shape index (κ2) is 4.72. The lowest BCUT2D eigenvalue weighted by Crippen LogP contribution is -2.43. The lowest BCUT2D eigenvalue weighted by Gasteiger charge is -2.32. The third-order valence-corrected chi connectivity index (χ3v) is 3.09. The maximum atomic E-state index is 9.34. The van der Waals surface area contributed by atoms with E-state index in [1.54, 1.807) is 6.07 Å². The second-order valence-corrected chi connectivity index (χ2v) is 4.47. The van der Waals surface area contributed by atoms with E-state index >= 15 is 0 Å². The standard InChI is InChI=1S/C12H19N3O/c1-14-4-6-15(7-5-14)9-10-2-3-12(16)11(13)8-10/h2-3,8,16H,4-7,9,13H2,1H3. The molecule has 1 saturated heterocycles. The molecule has 1 aliphatic heterocycles. The number of aromatic hydroxyl groups is 1. The van der Waals surface area contributed by atoms with Gasteiger partial charge in [-0.15, -0.1) is 0 Å². The maximum Gasteiger partial charge on any atom is 0.138 e. The molecule has 0 aromatic heterocycles. The summed E-state index contributed by atoms with van der Waals surface area (Å²) in [5, 5.41) is 9.34. The maximum absolute atomic E-state index is 9.34. The fourth-order valence-electron chi connectivity index (χ4n) is 1.97. The van der Waals surface area contributed by atoms with E-state index in [4.69, 9.17) is 5.73 Å². The first kappa shape index (κ1) is 11.2. The van der Waals surface area contributed by atoms with Crippen LogP contribution in [0.2, 0.25) is 0 Å². The topological polar surface area (TPSA) is 52.7 Å². The molecule has 0 saturated carbocycles. The van der Waals surface area contributed by atoms with Crippen LogP contribution in [0.3, 0.4) is 0 Å². The van der Waals surface area contributed by atoms with Gasteiger partial charge in [0.05, 0.1) is 5.69 Å². The van der Waals surface area contributed by atoms with E-state index in [-0.39, 0.29) is 5.75 Å². The van der Waals surface area contributed by atoms with Crippen LogP contribution in [0.1, 0.15) is 5.56 Å². The van der Waals surface area contributed by atoms with Crippen molar-refractivity contribution in [3.8, 4) is 5.75 Å². The molecular weight excluding hydrogens is 202 g/mol. The van der Waals surface area contributed by atoms with E-state index in [2.05, 4.69) is 16.8 Å². The van der Waals surface area contributed by atoms with Gasteiger partial charge in [0.2, 0.25) is 0 Å². The van der Waals surface area contributed by atoms with Crippen LogP contribution in [-0.2, 0) is 6.54 Å². The highest BCUT2D eigenvalue weighted by Gasteiger charge is 2.13. The van der Waals surface area contributed by atoms with Gasteiger partial charge >= 0.3 is 0 Å². The summed E-state index contributed by atoms with van der Waals surface area (Å²) in [6.45, 7) is 5.34. The van der Waals surface area contributed by atoms with Gasteiger partial charge in [-0.3, -0.25) is 4.90 Å². The lowest BCUT2D eigenvalue weighted by atomic mass is 10.1. The molecule has 0 amide bonds. The summed E-state index contributed by atoms with van der Waals surface area (Å²) < 4.78 is 0. The molecule has 88 valence electrons. The molecule has 4 heteroatoms. The van der Waals surface area contributed by atoms with E-state index < -0.39 is 0 Å². The SMILES string of the molecule is CN1CCN(Cc2ccc(O)c(N)c2)CC1. The van der Waals surface area contributed by atoms with Crippen molar-refractivity contribution in [3.63, 3.8) is 0 Å². The van der Waals surface area contributed by atoms with E-state index in [1.165, 1.54) is 5.56 Å². The summed E-state index contributed by atoms with van der Waals surface area (Å²) in [6, 6.07) is 5.46. The van der Waals surface area contributed by atoms with Crippen LogP contribution in [0.5, 0.6) is 5.75 Å². The number of hydrogen-bond acceptors (Lipinski definition) is 4. The molecule has 0 radical (unpaired) electrons. The summed E-state index contributed by atoms with van der Waals surface area (Å²) in [5.74, 6) is 0.169. The number of nitrogens with two attached hydrogens (primary N) is 1. The minimum atomic E-state index is 0.169. The molecule has 0 aliphatic carbocycles. The molecule has 1 aromatic carbocycles. The average Bonchev–Trinajstić information content (AvgIpc) is 2.27. The molecule has 0 unspecified atom stereocenters. The van der Waals surface area contributed by atoms with Crippen molar-refractivity contribution in [1.29, 1.82) is 0 Å². The summed E-state index contributed by atoms with van der Waals surface area (Å²) in [4.78, 5) is 4.74. The van der Waals surface area contributed by atoms with Crippen LogP contribution in [0.4, 0.5) is 5.69 Å². The van der Waals surface area contributed by atoms with Gasteiger partial charge in [0.25, 0.3) is 0 Å². The Balaban J connectivity index is 1.96. The predicted molar refractivity (Wildman–Crippen MR) is 65.3 cm³/mol. The molecule has 2 rings (SSSR count). The molecule has 0 spiro atoms. The summed E-state index contributed by atoms with van der Waals surface area (Å²) in [6.07, 6.45) is 0. The first-order valence-electron chi connectivity index (χ1n) is 5.63. The quantitative estimate of drug-likeness (QED) is 0.571. The second-order valence-electron chi connectivity index (χ2n) is 4.47. The van der Waals surface area contributed by atoms with Crippen molar-refractivity contribution in [1.82, 2.24) is 9.80 Å². The van der Waals surface area contributed by atoms with Gasteiger partial charge in [-0.05, 0) is 24.7 Å². The highest BCUT2D eigenvalue weighted by atomic mass is 16.3. The van der Waals surface area contributed by atoms with E-state index in [9.17, 15) is 5.11 Å². The zero-order valence-electron chi connectivity index (χ0n) is 9.69. The largest absolute Gasteiger partial charge is 0.506 e. The zero-order valence-corrected chi connectivity index (χ0v) is 9.69. The number of rotatable bonds is 2. The number of phenolic OH excluding ortho intramolecular Hbond substituents is 1. The molecular formula is C12H19N3O. The molecule has 16 heavy (non-hydrogen) atoms. The number of benzene rings is 1. The van der Waals surface area contributed by atoms with Crippen molar-refractivity contribution < 1.29 is 5.11 Å². The Labute approximate surface area is 96.3 Å². The average molecular weight is 221 g/mol.